The molecule has 94 valence electrons. The fourth-order valence-electron chi connectivity index (χ4n) is 1.57. The monoisotopic (exact) mass is 266 g/mol. The second-order valence-electron chi connectivity index (χ2n) is 3.82. The smallest absolute Gasteiger partial charge is 0.258 e. The Bertz CT molecular complexity index is 582. The summed E-state index contributed by atoms with van der Waals surface area (Å²) < 4.78 is 1.51. The minimum atomic E-state index is -0.407. The van der Waals surface area contributed by atoms with Crippen molar-refractivity contribution < 1.29 is 4.92 Å². The van der Waals surface area contributed by atoms with E-state index in [0.717, 1.165) is 5.69 Å². The Morgan fingerprint density at radius 3 is 2.94 bits per heavy atom. The first-order chi connectivity index (χ1) is 8.61. The molecule has 0 aliphatic carbocycles. The summed E-state index contributed by atoms with van der Waals surface area (Å²) in [4.78, 5) is 10.4. The fraction of sp³-hybridized carbons (Fsp3) is 0.273. The summed E-state index contributed by atoms with van der Waals surface area (Å²) >= 11 is 5.61. The lowest BCUT2D eigenvalue weighted by atomic mass is 10.2. The SMILES string of the molecule is Cc1ccc(-n2cc(CCCl)nn2)cc1[N+](=O)[O-]. The van der Waals surface area contributed by atoms with Crippen LogP contribution in [-0.4, -0.2) is 25.8 Å². The highest BCUT2D eigenvalue weighted by molar-refractivity contribution is 6.17. The molecule has 0 radical (unpaired) electrons. The van der Waals surface area contributed by atoms with E-state index in [1.807, 2.05) is 0 Å². The number of aromatic nitrogens is 3. The summed E-state index contributed by atoms with van der Waals surface area (Å²) in [5.41, 5.74) is 2.06. The van der Waals surface area contributed by atoms with Crippen molar-refractivity contribution in [3.63, 3.8) is 0 Å². The minimum Gasteiger partial charge on any atom is -0.258 e. The van der Waals surface area contributed by atoms with E-state index < -0.39 is 4.92 Å². The predicted octanol–water partition coefficient (Wildman–Crippen LogP) is 2.27. The molecular weight excluding hydrogens is 256 g/mol. The number of benzene rings is 1. The van der Waals surface area contributed by atoms with E-state index in [-0.39, 0.29) is 5.69 Å². The maximum atomic E-state index is 10.9. The molecule has 0 saturated heterocycles. The van der Waals surface area contributed by atoms with Crippen LogP contribution in [0, 0.1) is 17.0 Å². The van der Waals surface area contributed by atoms with Crippen molar-refractivity contribution >= 4 is 17.3 Å². The summed E-state index contributed by atoms with van der Waals surface area (Å²) in [7, 11) is 0. The van der Waals surface area contributed by atoms with Crippen molar-refractivity contribution in [2.75, 3.05) is 5.88 Å². The van der Waals surface area contributed by atoms with Gasteiger partial charge in [-0.15, -0.1) is 16.7 Å². The number of halogens is 1. The number of hydrogen-bond donors (Lipinski definition) is 0. The minimum absolute atomic E-state index is 0.0712. The Morgan fingerprint density at radius 2 is 2.28 bits per heavy atom. The topological polar surface area (TPSA) is 73.8 Å². The Labute approximate surface area is 108 Å². The maximum Gasteiger partial charge on any atom is 0.274 e. The van der Waals surface area contributed by atoms with Crippen LogP contribution >= 0.6 is 11.6 Å². The van der Waals surface area contributed by atoms with Gasteiger partial charge >= 0.3 is 0 Å². The zero-order valence-corrected chi connectivity index (χ0v) is 10.5. The molecule has 0 atom stereocenters. The van der Waals surface area contributed by atoms with Crippen LogP contribution in [-0.2, 0) is 6.42 Å². The molecule has 6 nitrogen and oxygen atoms in total. The number of aryl methyl sites for hydroxylation is 2. The summed E-state index contributed by atoms with van der Waals surface area (Å²) in [6.07, 6.45) is 2.34. The first-order valence-corrected chi connectivity index (χ1v) is 5.88. The lowest BCUT2D eigenvalue weighted by Gasteiger charge is -2.01. The van der Waals surface area contributed by atoms with E-state index in [2.05, 4.69) is 10.3 Å². The Morgan fingerprint density at radius 1 is 1.50 bits per heavy atom. The lowest BCUT2D eigenvalue weighted by molar-refractivity contribution is -0.385. The van der Waals surface area contributed by atoms with E-state index in [1.54, 1.807) is 25.3 Å². The highest BCUT2D eigenvalue weighted by Crippen LogP contribution is 2.21. The number of hydrogen-bond acceptors (Lipinski definition) is 4. The second-order valence-corrected chi connectivity index (χ2v) is 4.20. The lowest BCUT2D eigenvalue weighted by Crippen LogP contribution is -1.98. The second kappa shape index (κ2) is 5.14. The van der Waals surface area contributed by atoms with Crippen LogP contribution in [0.1, 0.15) is 11.3 Å². The first kappa shape index (κ1) is 12.5. The van der Waals surface area contributed by atoms with Crippen molar-refractivity contribution in [3.8, 4) is 5.69 Å². The quantitative estimate of drug-likeness (QED) is 0.483. The predicted molar refractivity (Wildman–Crippen MR) is 67.2 cm³/mol. The van der Waals surface area contributed by atoms with Crippen molar-refractivity contribution in [1.29, 1.82) is 0 Å². The van der Waals surface area contributed by atoms with Crippen molar-refractivity contribution in [2.24, 2.45) is 0 Å². The van der Waals surface area contributed by atoms with Crippen LogP contribution in [0.5, 0.6) is 0 Å². The van der Waals surface area contributed by atoms with Gasteiger partial charge in [-0.1, -0.05) is 11.3 Å². The third-order valence-electron chi connectivity index (χ3n) is 2.55. The zero-order valence-electron chi connectivity index (χ0n) is 9.71. The molecule has 0 unspecified atom stereocenters. The molecule has 7 heteroatoms. The number of nitrogens with zero attached hydrogens (tertiary/aromatic N) is 4. The van der Waals surface area contributed by atoms with E-state index in [9.17, 15) is 10.1 Å². The molecular formula is C11H11ClN4O2. The Balaban J connectivity index is 2.38. The van der Waals surface area contributed by atoms with Crippen LogP contribution < -0.4 is 0 Å². The van der Waals surface area contributed by atoms with Gasteiger partial charge < -0.3 is 0 Å². The molecule has 1 aromatic heterocycles. The largest absolute Gasteiger partial charge is 0.274 e. The summed E-state index contributed by atoms with van der Waals surface area (Å²) in [5.74, 6) is 0.465. The summed E-state index contributed by atoms with van der Waals surface area (Å²) in [6, 6.07) is 4.94. The first-order valence-electron chi connectivity index (χ1n) is 5.34. The summed E-state index contributed by atoms with van der Waals surface area (Å²) in [5, 5.41) is 18.7. The van der Waals surface area contributed by atoms with Crippen LogP contribution in [0.3, 0.4) is 0 Å². The molecule has 0 aliphatic rings. The molecule has 0 aliphatic heterocycles. The number of nitro groups is 1. The van der Waals surface area contributed by atoms with Crippen molar-refractivity contribution in [3.05, 3.63) is 45.8 Å². The van der Waals surface area contributed by atoms with E-state index in [4.69, 9.17) is 11.6 Å². The third kappa shape index (κ3) is 2.48. The molecule has 1 heterocycles. The molecule has 2 rings (SSSR count). The van der Waals surface area contributed by atoms with Crippen LogP contribution in [0.4, 0.5) is 5.69 Å². The number of rotatable bonds is 4. The van der Waals surface area contributed by atoms with Crippen LogP contribution in [0.15, 0.2) is 24.4 Å². The van der Waals surface area contributed by atoms with Gasteiger partial charge in [0.1, 0.15) is 0 Å². The maximum absolute atomic E-state index is 10.9. The standard InChI is InChI=1S/C11H11ClN4O2/c1-8-2-3-10(6-11(8)16(17)18)15-7-9(4-5-12)13-14-15/h2-3,6-7H,4-5H2,1H3. The van der Waals surface area contributed by atoms with E-state index in [0.29, 0.717) is 23.6 Å². The van der Waals surface area contributed by atoms with Gasteiger partial charge in [0.05, 0.1) is 22.5 Å². The highest BCUT2D eigenvalue weighted by atomic mass is 35.5. The number of nitro benzene ring substituents is 1. The third-order valence-corrected chi connectivity index (χ3v) is 2.73. The van der Waals surface area contributed by atoms with Crippen LogP contribution in [0.2, 0.25) is 0 Å². The average molecular weight is 267 g/mol. The van der Waals surface area contributed by atoms with Gasteiger partial charge in [0, 0.05) is 23.9 Å². The van der Waals surface area contributed by atoms with Gasteiger partial charge in [-0.25, -0.2) is 4.68 Å². The summed E-state index contributed by atoms with van der Waals surface area (Å²) in [6.45, 7) is 1.70. The molecule has 0 spiro atoms. The highest BCUT2D eigenvalue weighted by Gasteiger charge is 2.12. The Kier molecular flexibility index (Phi) is 3.57. The molecule has 18 heavy (non-hydrogen) atoms. The molecule has 0 bridgehead atoms. The van der Waals surface area contributed by atoms with Gasteiger partial charge in [0.15, 0.2) is 0 Å². The van der Waals surface area contributed by atoms with Crippen LogP contribution in [0.25, 0.3) is 5.69 Å². The van der Waals surface area contributed by atoms with Gasteiger partial charge in [-0.3, -0.25) is 10.1 Å². The molecule has 2 aromatic rings. The van der Waals surface area contributed by atoms with E-state index in [1.165, 1.54) is 10.7 Å². The normalized spacial score (nSPS) is 10.6. The number of alkyl halides is 1. The average Bonchev–Trinajstić information content (AvgIpc) is 2.78. The van der Waals surface area contributed by atoms with Crippen molar-refractivity contribution in [2.45, 2.75) is 13.3 Å². The molecule has 0 saturated carbocycles. The van der Waals surface area contributed by atoms with E-state index >= 15 is 0 Å². The van der Waals surface area contributed by atoms with Gasteiger partial charge in [0.2, 0.25) is 0 Å². The molecule has 0 amide bonds. The zero-order chi connectivity index (χ0) is 13.1. The fourth-order valence-corrected chi connectivity index (χ4v) is 1.77. The Hall–Kier alpha value is -1.95. The van der Waals surface area contributed by atoms with Gasteiger partial charge in [-0.2, -0.15) is 0 Å². The van der Waals surface area contributed by atoms with Gasteiger partial charge in [0.25, 0.3) is 5.69 Å². The molecule has 0 fully saturated rings. The molecule has 0 N–H and O–H groups in total. The molecule has 1 aromatic carbocycles. The van der Waals surface area contributed by atoms with Crippen molar-refractivity contribution in [1.82, 2.24) is 15.0 Å². The van der Waals surface area contributed by atoms with Gasteiger partial charge in [-0.05, 0) is 13.0 Å².